The summed E-state index contributed by atoms with van der Waals surface area (Å²) in [6.45, 7) is 8.78. The lowest BCUT2D eigenvalue weighted by atomic mass is 9.99. The average molecular weight is 354 g/mol. The minimum atomic E-state index is 0.489. The molecule has 0 N–H and O–H groups in total. The molecule has 0 fully saturated rings. The second-order valence-corrected chi connectivity index (χ2v) is 7.94. The van der Waals surface area contributed by atoms with Crippen molar-refractivity contribution in [2.24, 2.45) is 7.05 Å². The number of aromatic nitrogens is 3. The molecule has 0 aliphatic carbocycles. The SMILES string of the molecule is Cc1cc(C)c2c(n1)c1ccc(C(C)C)cc1n1c3ccccc3[n+](C)c21. The standard InChI is InChI=1S/C24H24N3/c1-14(2)17-10-11-18-21(13-17)27-20-9-7-6-8-19(20)26(5)24(27)22-15(3)12-16(4)25-23(18)22/h6-14H,1-5H3/q+1. The van der Waals surface area contributed by atoms with Crippen molar-refractivity contribution in [2.75, 3.05) is 0 Å². The van der Waals surface area contributed by atoms with Gasteiger partial charge in [0.25, 0.3) is 5.65 Å². The van der Waals surface area contributed by atoms with Crippen molar-refractivity contribution in [3.8, 4) is 0 Å². The lowest BCUT2D eigenvalue weighted by molar-refractivity contribution is -0.617. The Morgan fingerprint density at radius 2 is 1.74 bits per heavy atom. The molecular formula is C24H24N3+. The number of aryl methyl sites for hydroxylation is 3. The molecule has 3 heteroatoms. The number of hydrogen-bond donors (Lipinski definition) is 0. The highest BCUT2D eigenvalue weighted by atomic mass is 15.1. The summed E-state index contributed by atoms with van der Waals surface area (Å²) in [7, 11) is 2.16. The topological polar surface area (TPSA) is 21.2 Å². The summed E-state index contributed by atoms with van der Waals surface area (Å²) in [5, 5.41) is 2.46. The van der Waals surface area contributed by atoms with Gasteiger partial charge in [-0.25, -0.2) is 4.57 Å². The second-order valence-electron chi connectivity index (χ2n) is 7.94. The molecule has 2 aromatic carbocycles. The average Bonchev–Trinajstić information content (AvgIpc) is 2.94. The van der Waals surface area contributed by atoms with Gasteiger partial charge in [0.2, 0.25) is 0 Å². The molecule has 0 amide bonds. The maximum Gasteiger partial charge on any atom is 0.297 e. The Kier molecular flexibility index (Phi) is 3.33. The molecule has 0 aliphatic rings. The molecule has 3 heterocycles. The summed E-state index contributed by atoms with van der Waals surface area (Å²) in [5.41, 5.74) is 9.72. The van der Waals surface area contributed by atoms with Crippen LogP contribution in [0.15, 0.2) is 48.5 Å². The van der Waals surface area contributed by atoms with Crippen LogP contribution in [0.2, 0.25) is 0 Å². The number of para-hydroxylation sites is 2. The Labute approximate surface area is 158 Å². The van der Waals surface area contributed by atoms with Crippen LogP contribution in [-0.4, -0.2) is 9.38 Å². The molecule has 0 atom stereocenters. The summed E-state index contributed by atoms with van der Waals surface area (Å²) < 4.78 is 4.73. The van der Waals surface area contributed by atoms with E-state index < -0.39 is 0 Å². The van der Waals surface area contributed by atoms with E-state index in [2.05, 4.69) is 92.2 Å². The van der Waals surface area contributed by atoms with Gasteiger partial charge < -0.3 is 0 Å². The summed E-state index contributed by atoms with van der Waals surface area (Å²) in [6, 6.07) is 17.7. The van der Waals surface area contributed by atoms with E-state index >= 15 is 0 Å². The van der Waals surface area contributed by atoms with Crippen molar-refractivity contribution in [2.45, 2.75) is 33.6 Å². The molecule has 3 nitrogen and oxygen atoms in total. The first kappa shape index (κ1) is 16.2. The minimum absolute atomic E-state index is 0.489. The molecule has 0 bridgehead atoms. The molecule has 0 saturated heterocycles. The molecule has 134 valence electrons. The molecule has 0 spiro atoms. The van der Waals surface area contributed by atoms with Crippen molar-refractivity contribution in [1.82, 2.24) is 9.38 Å². The zero-order chi connectivity index (χ0) is 18.9. The van der Waals surface area contributed by atoms with Crippen molar-refractivity contribution in [3.05, 3.63) is 65.4 Å². The maximum absolute atomic E-state index is 4.97. The zero-order valence-corrected chi connectivity index (χ0v) is 16.5. The smallest absolute Gasteiger partial charge is 0.252 e. The van der Waals surface area contributed by atoms with E-state index in [4.69, 9.17) is 4.98 Å². The number of fused-ring (bicyclic) bond motifs is 8. The van der Waals surface area contributed by atoms with Crippen LogP contribution < -0.4 is 4.57 Å². The van der Waals surface area contributed by atoms with E-state index in [1.165, 1.54) is 44.1 Å². The van der Waals surface area contributed by atoms with E-state index in [0.29, 0.717) is 5.92 Å². The van der Waals surface area contributed by atoms with Gasteiger partial charge in [0.15, 0.2) is 11.0 Å². The lowest BCUT2D eigenvalue weighted by Crippen LogP contribution is -2.27. The van der Waals surface area contributed by atoms with E-state index in [1.807, 2.05) is 0 Å². The maximum atomic E-state index is 4.97. The molecule has 5 rings (SSSR count). The first-order valence-corrected chi connectivity index (χ1v) is 9.60. The molecule has 0 aliphatic heterocycles. The van der Waals surface area contributed by atoms with Gasteiger partial charge in [-0.1, -0.05) is 32.0 Å². The van der Waals surface area contributed by atoms with Crippen LogP contribution in [0.5, 0.6) is 0 Å². The first-order valence-electron chi connectivity index (χ1n) is 9.60. The van der Waals surface area contributed by atoms with Gasteiger partial charge in [0.1, 0.15) is 5.52 Å². The molecule has 0 radical (unpaired) electrons. The first-order chi connectivity index (χ1) is 13.0. The number of nitrogens with zero attached hydrogens (tertiary/aromatic N) is 3. The Balaban J connectivity index is 2.19. The van der Waals surface area contributed by atoms with Crippen LogP contribution in [0.4, 0.5) is 0 Å². The third-order valence-electron chi connectivity index (χ3n) is 5.77. The third kappa shape index (κ3) is 2.14. The zero-order valence-electron chi connectivity index (χ0n) is 16.5. The summed E-state index contributed by atoms with van der Waals surface area (Å²) in [6.07, 6.45) is 0. The normalized spacial score (nSPS) is 12.2. The van der Waals surface area contributed by atoms with E-state index in [-0.39, 0.29) is 0 Å². The van der Waals surface area contributed by atoms with Gasteiger partial charge in [-0.3, -0.25) is 4.98 Å². The van der Waals surface area contributed by atoms with Crippen molar-refractivity contribution >= 4 is 38.5 Å². The Morgan fingerprint density at radius 3 is 2.52 bits per heavy atom. The molecule has 0 saturated carbocycles. The van der Waals surface area contributed by atoms with E-state index in [9.17, 15) is 0 Å². The van der Waals surface area contributed by atoms with Crippen LogP contribution in [0.3, 0.4) is 0 Å². The monoisotopic (exact) mass is 354 g/mol. The van der Waals surface area contributed by atoms with Gasteiger partial charge in [0.05, 0.1) is 18.0 Å². The summed E-state index contributed by atoms with van der Waals surface area (Å²) in [5.74, 6) is 0.489. The van der Waals surface area contributed by atoms with Gasteiger partial charge in [-0.05, 0) is 61.2 Å². The fraction of sp³-hybridized carbons (Fsp3) is 0.250. The number of hydrogen-bond acceptors (Lipinski definition) is 1. The fourth-order valence-corrected chi connectivity index (χ4v) is 4.45. The Morgan fingerprint density at radius 1 is 0.963 bits per heavy atom. The number of pyridine rings is 2. The number of imidazole rings is 1. The summed E-state index contributed by atoms with van der Waals surface area (Å²) in [4.78, 5) is 4.97. The van der Waals surface area contributed by atoms with Gasteiger partial charge in [-0.2, -0.15) is 4.40 Å². The number of benzene rings is 2. The molecule has 5 aromatic rings. The van der Waals surface area contributed by atoms with Gasteiger partial charge >= 0.3 is 0 Å². The van der Waals surface area contributed by atoms with Crippen LogP contribution in [-0.2, 0) is 7.05 Å². The largest absolute Gasteiger partial charge is 0.297 e. The van der Waals surface area contributed by atoms with Crippen LogP contribution >= 0.6 is 0 Å². The highest BCUT2D eigenvalue weighted by molar-refractivity contribution is 6.12. The fourth-order valence-electron chi connectivity index (χ4n) is 4.45. The highest BCUT2D eigenvalue weighted by Crippen LogP contribution is 2.33. The predicted octanol–water partition coefficient (Wildman–Crippen LogP) is 5.36. The van der Waals surface area contributed by atoms with E-state index in [1.54, 1.807) is 0 Å². The van der Waals surface area contributed by atoms with Crippen molar-refractivity contribution in [1.29, 1.82) is 0 Å². The van der Waals surface area contributed by atoms with Gasteiger partial charge in [0, 0.05) is 11.1 Å². The Bertz CT molecular complexity index is 1370. The molecule has 3 aromatic heterocycles. The second kappa shape index (κ2) is 5.53. The Hall–Kier alpha value is -2.94. The highest BCUT2D eigenvalue weighted by Gasteiger charge is 2.25. The molecule has 0 unspecified atom stereocenters. The molecular weight excluding hydrogens is 330 g/mol. The minimum Gasteiger partial charge on any atom is -0.252 e. The summed E-state index contributed by atoms with van der Waals surface area (Å²) >= 11 is 0. The predicted molar refractivity (Wildman–Crippen MR) is 112 cm³/mol. The quantitative estimate of drug-likeness (QED) is 0.293. The van der Waals surface area contributed by atoms with Crippen molar-refractivity contribution in [3.63, 3.8) is 0 Å². The number of rotatable bonds is 1. The van der Waals surface area contributed by atoms with Crippen LogP contribution in [0.25, 0.3) is 38.5 Å². The van der Waals surface area contributed by atoms with Crippen molar-refractivity contribution < 1.29 is 4.57 Å². The van der Waals surface area contributed by atoms with Crippen LogP contribution in [0, 0.1) is 13.8 Å². The third-order valence-corrected chi connectivity index (χ3v) is 5.77. The van der Waals surface area contributed by atoms with E-state index in [0.717, 1.165) is 11.2 Å². The lowest BCUT2D eigenvalue weighted by Gasteiger charge is -2.10. The van der Waals surface area contributed by atoms with Gasteiger partial charge in [-0.15, -0.1) is 0 Å². The van der Waals surface area contributed by atoms with Crippen LogP contribution in [0.1, 0.15) is 36.6 Å². The molecule has 27 heavy (non-hydrogen) atoms.